The minimum atomic E-state index is -5.16. The SMILES string of the molecule is N#Cc1cc(C(F)(F)F)ccc1-c1cc(-n2c3ccccc3c3cc(-c4cc(C(F)(F)F)cc(C(F)(F)F)c4)ccc32)c(C#N)cc1-n1c2ccccc2c2cc(-c3cc(C(F)(F)F)cc(C(F)(F)F)c3)ccc21. The first-order valence-electron chi connectivity index (χ1n) is 21.6. The quantitative estimate of drug-likeness (QED) is 0.161. The van der Waals surface area contributed by atoms with Crippen molar-refractivity contribution < 1.29 is 65.9 Å². The molecule has 0 bridgehead atoms. The van der Waals surface area contributed by atoms with Crippen LogP contribution >= 0.6 is 0 Å². The number of para-hydroxylation sites is 2. The van der Waals surface area contributed by atoms with E-state index in [1.807, 2.05) is 6.07 Å². The second-order valence-electron chi connectivity index (χ2n) is 17.1. The van der Waals surface area contributed by atoms with E-state index in [0.29, 0.717) is 57.5 Å². The molecular formula is C55H25F15N4. The fourth-order valence-electron chi connectivity index (χ4n) is 9.37. The summed E-state index contributed by atoms with van der Waals surface area (Å²) in [5.41, 5.74) is -7.58. The van der Waals surface area contributed by atoms with E-state index in [4.69, 9.17) is 0 Å². The molecule has 0 saturated heterocycles. The Kier molecular flexibility index (Phi) is 11.2. The Morgan fingerprint density at radius 2 is 0.689 bits per heavy atom. The van der Waals surface area contributed by atoms with Crippen molar-refractivity contribution in [2.75, 3.05) is 0 Å². The fourth-order valence-corrected chi connectivity index (χ4v) is 9.37. The Labute approximate surface area is 406 Å². The van der Waals surface area contributed by atoms with Gasteiger partial charge in [0.2, 0.25) is 0 Å². The Bertz CT molecular complexity index is 3970. The fraction of sp³-hybridized carbons (Fsp3) is 0.0909. The lowest BCUT2D eigenvalue weighted by Crippen LogP contribution is -2.11. The molecule has 0 aliphatic carbocycles. The molecule has 0 fully saturated rings. The second-order valence-corrected chi connectivity index (χ2v) is 17.1. The summed E-state index contributed by atoms with van der Waals surface area (Å²) in [4.78, 5) is 0. The summed E-state index contributed by atoms with van der Waals surface area (Å²) < 4.78 is 213. The third-order valence-corrected chi connectivity index (χ3v) is 12.7. The van der Waals surface area contributed by atoms with Gasteiger partial charge in [-0.1, -0.05) is 54.6 Å². The van der Waals surface area contributed by atoms with Crippen LogP contribution in [-0.4, -0.2) is 9.13 Å². The van der Waals surface area contributed by atoms with Crippen LogP contribution in [-0.2, 0) is 30.9 Å². The van der Waals surface area contributed by atoms with Crippen molar-refractivity contribution in [2.45, 2.75) is 30.9 Å². The maximum atomic E-state index is 14.2. The predicted octanol–water partition coefficient (Wildman–Crippen LogP) is 17.7. The van der Waals surface area contributed by atoms with Gasteiger partial charge in [0, 0.05) is 32.7 Å². The molecule has 0 unspecified atom stereocenters. The Hall–Kier alpha value is -8.71. The van der Waals surface area contributed by atoms with Crippen LogP contribution in [0.15, 0.2) is 152 Å². The summed E-state index contributed by atoms with van der Waals surface area (Å²) in [6.07, 6.45) is -25.5. The second kappa shape index (κ2) is 16.9. The van der Waals surface area contributed by atoms with Gasteiger partial charge in [-0.2, -0.15) is 76.4 Å². The van der Waals surface area contributed by atoms with Crippen LogP contribution in [0, 0.1) is 22.7 Å². The van der Waals surface area contributed by atoms with E-state index >= 15 is 0 Å². The molecule has 2 aromatic heterocycles. The van der Waals surface area contributed by atoms with E-state index < -0.39 is 75.4 Å². The molecule has 370 valence electrons. The van der Waals surface area contributed by atoms with Gasteiger partial charge in [0.05, 0.1) is 78.5 Å². The smallest absolute Gasteiger partial charge is 0.309 e. The zero-order chi connectivity index (χ0) is 53.0. The number of aromatic nitrogens is 2. The number of benzene rings is 8. The van der Waals surface area contributed by atoms with Gasteiger partial charge >= 0.3 is 30.9 Å². The van der Waals surface area contributed by atoms with E-state index in [1.165, 1.54) is 48.5 Å². The molecule has 19 heteroatoms. The van der Waals surface area contributed by atoms with Crippen LogP contribution in [0.1, 0.15) is 38.9 Å². The minimum Gasteiger partial charge on any atom is -0.309 e. The number of hydrogen-bond acceptors (Lipinski definition) is 2. The molecule has 10 rings (SSSR count). The van der Waals surface area contributed by atoms with E-state index in [9.17, 15) is 76.4 Å². The molecule has 0 radical (unpaired) electrons. The minimum absolute atomic E-state index is 0.000314. The van der Waals surface area contributed by atoms with Gasteiger partial charge < -0.3 is 9.13 Å². The van der Waals surface area contributed by atoms with Crippen molar-refractivity contribution in [1.82, 2.24) is 9.13 Å². The summed E-state index contributed by atoms with van der Waals surface area (Å²) in [6, 6.07) is 32.5. The molecule has 74 heavy (non-hydrogen) atoms. The lowest BCUT2D eigenvalue weighted by Gasteiger charge is -2.20. The molecule has 0 aliphatic heterocycles. The van der Waals surface area contributed by atoms with Crippen molar-refractivity contribution in [2.24, 2.45) is 0 Å². The van der Waals surface area contributed by atoms with Gasteiger partial charge in [0.15, 0.2) is 0 Å². The molecule has 0 saturated carbocycles. The van der Waals surface area contributed by atoms with Crippen molar-refractivity contribution in [3.8, 4) is 56.9 Å². The zero-order valence-corrected chi connectivity index (χ0v) is 36.9. The summed E-state index contributed by atoms with van der Waals surface area (Å²) in [7, 11) is 0. The van der Waals surface area contributed by atoms with E-state index in [1.54, 1.807) is 57.7 Å². The van der Waals surface area contributed by atoms with Gasteiger partial charge in [-0.3, -0.25) is 0 Å². The summed E-state index contributed by atoms with van der Waals surface area (Å²) in [6.45, 7) is 0. The highest BCUT2D eigenvalue weighted by Crippen LogP contribution is 2.46. The number of hydrogen-bond donors (Lipinski definition) is 0. The van der Waals surface area contributed by atoms with Crippen LogP contribution in [0.4, 0.5) is 65.9 Å². The molecule has 0 N–H and O–H groups in total. The maximum absolute atomic E-state index is 14.2. The Morgan fingerprint density at radius 1 is 0.297 bits per heavy atom. The molecule has 0 atom stereocenters. The lowest BCUT2D eigenvalue weighted by molar-refractivity contribution is -0.144. The number of fused-ring (bicyclic) bond motifs is 6. The average molecular weight is 1030 g/mol. The number of alkyl halides is 15. The largest absolute Gasteiger partial charge is 0.416 e. The summed E-state index contributed by atoms with van der Waals surface area (Å²) in [5, 5.41) is 22.8. The lowest BCUT2D eigenvalue weighted by atomic mass is 9.94. The molecule has 10 aromatic rings. The van der Waals surface area contributed by atoms with Crippen molar-refractivity contribution in [3.63, 3.8) is 0 Å². The van der Waals surface area contributed by atoms with E-state index in [2.05, 4.69) is 6.07 Å². The molecule has 8 aromatic carbocycles. The third-order valence-electron chi connectivity index (χ3n) is 12.7. The number of halogens is 15. The number of nitrogens with zero attached hydrogens (tertiary/aromatic N) is 4. The van der Waals surface area contributed by atoms with Crippen LogP contribution in [0.2, 0.25) is 0 Å². The Balaban J connectivity index is 1.25. The highest BCUT2D eigenvalue weighted by Gasteiger charge is 2.39. The van der Waals surface area contributed by atoms with Crippen LogP contribution < -0.4 is 0 Å². The molecule has 0 aliphatic rings. The van der Waals surface area contributed by atoms with Crippen LogP contribution in [0.5, 0.6) is 0 Å². The average Bonchev–Trinajstić information content (AvgIpc) is 3.86. The summed E-state index contributed by atoms with van der Waals surface area (Å²) in [5.74, 6) is 0. The molecular weight excluding hydrogens is 1000 g/mol. The maximum Gasteiger partial charge on any atom is 0.416 e. The first-order chi connectivity index (χ1) is 34.7. The topological polar surface area (TPSA) is 57.4 Å². The first-order valence-corrected chi connectivity index (χ1v) is 21.6. The first kappa shape index (κ1) is 48.9. The monoisotopic (exact) mass is 1030 g/mol. The Morgan fingerprint density at radius 3 is 1.09 bits per heavy atom. The standard InChI is InChI=1S/C55H25F15N4/c56-51(57,58)34-11-12-39(32(19-34)26-71)44-25-49(73-45-7-3-1-5-40(45)42-20-28(9-13-47(42)73)30-15-35(52(59,60)61)23-36(16-30)53(62,63)64)33(27-72)22-50(44)74-46-8-4-2-6-41(46)43-21-29(10-14-48(43)74)31-17-37(54(65,66)67)24-38(18-31)55(68,69)70/h1-25H. The third kappa shape index (κ3) is 8.47. The highest BCUT2D eigenvalue weighted by atomic mass is 19.4. The molecule has 2 heterocycles. The van der Waals surface area contributed by atoms with Gasteiger partial charge in [0.25, 0.3) is 0 Å². The van der Waals surface area contributed by atoms with Crippen LogP contribution in [0.25, 0.3) is 88.4 Å². The van der Waals surface area contributed by atoms with Gasteiger partial charge in [-0.15, -0.1) is 0 Å². The van der Waals surface area contributed by atoms with Crippen molar-refractivity contribution >= 4 is 43.6 Å². The van der Waals surface area contributed by atoms with Crippen molar-refractivity contribution in [3.05, 3.63) is 191 Å². The number of rotatable bonds is 5. The zero-order valence-electron chi connectivity index (χ0n) is 36.9. The molecule has 0 amide bonds. The molecule has 4 nitrogen and oxygen atoms in total. The number of nitriles is 2. The highest BCUT2D eigenvalue weighted by molar-refractivity contribution is 6.12. The summed E-state index contributed by atoms with van der Waals surface area (Å²) >= 11 is 0. The van der Waals surface area contributed by atoms with Crippen molar-refractivity contribution in [1.29, 1.82) is 10.5 Å². The van der Waals surface area contributed by atoms with E-state index in [0.717, 1.165) is 12.1 Å². The molecule has 0 spiro atoms. The van der Waals surface area contributed by atoms with Gasteiger partial charge in [-0.05, 0) is 119 Å². The van der Waals surface area contributed by atoms with E-state index in [-0.39, 0.29) is 67.7 Å². The van der Waals surface area contributed by atoms with Gasteiger partial charge in [-0.25, -0.2) is 0 Å². The van der Waals surface area contributed by atoms with Gasteiger partial charge in [0.1, 0.15) is 6.07 Å². The normalized spacial score (nSPS) is 12.8. The van der Waals surface area contributed by atoms with Crippen LogP contribution in [0.3, 0.4) is 0 Å². The predicted molar refractivity (Wildman–Crippen MR) is 246 cm³/mol.